The topological polar surface area (TPSA) is 53.1 Å². The van der Waals surface area contributed by atoms with Gasteiger partial charge in [-0.05, 0) is 52.0 Å². The highest BCUT2D eigenvalue weighted by Gasteiger charge is 2.11. The van der Waals surface area contributed by atoms with Gasteiger partial charge in [-0.2, -0.15) is 4.98 Å². The highest BCUT2D eigenvalue weighted by molar-refractivity contribution is 5.60. The summed E-state index contributed by atoms with van der Waals surface area (Å²) in [4.78, 5) is 11.0. The Morgan fingerprint density at radius 2 is 1.64 bits per heavy atom. The maximum atomic E-state index is 4.53. The van der Waals surface area contributed by atoms with Crippen LogP contribution in [-0.2, 0) is 0 Å². The summed E-state index contributed by atoms with van der Waals surface area (Å²) in [5.74, 6) is 1.43. The molecule has 0 atom stereocenters. The van der Waals surface area contributed by atoms with Crippen molar-refractivity contribution >= 4 is 23.1 Å². The average Bonchev–Trinajstić information content (AvgIpc) is 2.36. The molecule has 2 N–H and O–H groups in total. The van der Waals surface area contributed by atoms with E-state index < -0.39 is 0 Å². The largest absolute Gasteiger partial charge is 0.378 e. The molecule has 5 heteroatoms. The molecule has 2 aromatic rings. The lowest BCUT2D eigenvalue weighted by Gasteiger charge is -2.21. The Morgan fingerprint density at radius 1 is 1.00 bits per heavy atom. The number of nitrogens with one attached hydrogen (secondary N) is 2. The maximum absolute atomic E-state index is 4.53. The number of hydrogen-bond donors (Lipinski definition) is 2. The Kier molecular flexibility index (Phi) is 4.54. The van der Waals surface area contributed by atoms with E-state index in [1.165, 1.54) is 0 Å². The van der Waals surface area contributed by atoms with Gasteiger partial charge in [-0.25, -0.2) is 4.98 Å². The monoisotopic (exact) mass is 299 g/mol. The van der Waals surface area contributed by atoms with Crippen LogP contribution in [-0.4, -0.2) is 29.6 Å². The first-order valence-electron chi connectivity index (χ1n) is 7.41. The van der Waals surface area contributed by atoms with Crippen molar-refractivity contribution < 1.29 is 0 Å². The summed E-state index contributed by atoms with van der Waals surface area (Å²) in [5, 5.41) is 6.63. The number of anilines is 4. The quantitative estimate of drug-likeness (QED) is 0.899. The van der Waals surface area contributed by atoms with Crippen molar-refractivity contribution in [3.05, 3.63) is 36.0 Å². The molecule has 118 valence electrons. The first-order valence-corrected chi connectivity index (χ1v) is 7.41. The summed E-state index contributed by atoms with van der Waals surface area (Å²) in [7, 11) is 4.05. The van der Waals surface area contributed by atoms with Crippen LogP contribution in [0.15, 0.2) is 30.3 Å². The first kappa shape index (κ1) is 16.1. The third kappa shape index (κ3) is 4.62. The van der Waals surface area contributed by atoms with Crippen LogP contribution in [0.1, 0.15) is 26.5 Å². The number of aromatic nitrogens is 2. The van der Waals surface area contributed by atoms with Crippen molar-refractivity contribution in [1.82, 2.24) is 9.97 Å². The molecule has 0 unspecified atom stereocenters. The second kappa shape index (κ2) is 6.22. The van der Waals surface area contributed by atoms with Crippen molar-refractivity contribution in [2.24, 2.45) is 0 Å². The Morgan fingerprint density at radius 3 is 2.18 bits per heavy atom. The fourth-order valence-electron chi connectivity index (χ4n) is 2.04. The molecule has 1 aromatic carbocycles. The van der Waals surface area contributed by atoms with Crippen molar-refractivity contribution in [3.63, 3.8) is 0 Å². The lowest BCUT2D eigenvalue weighted by Crippen LogP contribution is -2.27. The van der Waals surface area contributed by atoms with Crippen LogP contribution in [0.3, 0.4) is 0 Å². The Balaban J connectivity index is 2.18. The van der Waals surface area contributed by atoms with Crippen LogP contribution in [0.4, 0.5) is 23.1 Å². The molecular formula is C17H25N5. The van der Waals surface area contributed by atoms with Gasteiger partial charge in [0.1, 0.15) is 5.82 Å². The summed E-state index contributed by atoms with van der Waals surface area (Å²) in [5.41, 5.74) is 3.02. The van der Waals surface area contributed by atoms with Gasteiger partial charge in [0.25, 0.3) is 0 Å². The molecule has 1 heterocycles. The Hall–Kier alpha value is -2.30. The average molecular weight is 299 g/mol. The number of benzene rings is 1. The number of rotatable bonds is 4. The maximum Gasteiger partial charge on any atom is 0.229 e. The van der Waals surface area contributed by atoms with E-state index in [2.05, 4.69) is 58.4 Å². The van der Waals surface area contributed by atoms with Crippen LogP contribution in [0.25, 0.3) is 0 Å². The molecule has 2 rings (SSSR count). The van der Waals surface area contributed by atoms with Crippen molar-refractivity contribution in [2.75, 3.05) is 29.6 Å². The van der Waals surface area contributed by atoms with Crippen molar-refractivity contribution in [3.8, 4) is 0 Å². The van der Waals surface area contributed by atoms with Crippen molar-refractivity contribution in [1.29, 1.82) is 0 Å². The molecule has 0 amide bonds. The van der Waals surface area contributed by atoms with Gasteiger partial charge in [0.15, 0.2) is 0 Å². The normalized spacial score (nSPS) is 11.2. The van der Waals surface area contributed by atoms with Crippen LogP contribution < -0.4 is 15.5 Å². The molecule has 0 aliphatic heterocycles. The van der Waals surface area contributed by atoms with E-state index in [0.717, 1.165) is 22.9 Å². The molecule has 0 bridgehead atoms. The van der Waals surface area contributed by atoms with Gasteiger partial charge in [-0.15, -0.1) is 0 Å². The minimum atomic E-state index is -0.0363. The van der Waals surface area contributed by atoms with Crippen LogP contribution in [0, 0.1) is 6.92 Å². The van der Waals surface area contributed by atoms with Crippen LogP contribution in [0.5, 0.6) is 0 Å². The highest BCUT2D eigenvalue weighted by atomic mass is 15.2. The van der Waals surface area contributed by atoms with E-state index in [-0.39, 0.29) is 5.54 Å². The lowest BCUT2D eigenvalue weighted by atomic mass is 10.1. The minimum absolute atomic E-state index is 0.0363. The number of nitrogens with zero attached hydrogens (tertiary/aromatic N) is 3. The summed E-state index contributed by atoms with van der Waals surface area (Å²) in [6.07, 6.45) is 0. The first-order chi connectivity index (χ1) is 10.2. The van der Waals surface area contributed by atoms with E-state index in [0.29, 0.717) is 5.95 Å². The lowest BCUT2D eigenvalue weighted by molar-refractivity contribution is 0.630. The fourth-order valence-corrected chi connectivity index (χ4v) is 2.04. The number of hydrogen-bond acceptors (Lipinski definition) is 5. The van der Waals surface area contributed by atoms with Gasteiger partial charge in [0.2, 0.25) is 5.95 Å². The van der Waals surface area contributed by atoms with Crippen molar-refractivity contribution in [2.45, 2.75) is 33.2 Å². The standard InChI is InChI=1S/C17H25N5/c1-12-11-15(21-17(2,3)4)20-16(18-12)19-13-7-9-14(10-8-13)22(5)6/h7-11H,1-6H3,(H2,18,19,20,21). The van der Waals surface area contributed by atoms with Gasteiger partial charge in [0.05, 0.1) is 0 Å². The molecule has 0 saturated heterocycles. The summed E-state index contributed by atoms with van der Waals surface area (Å²) in [6, 6.07) is 10.1. The highest BCUT2D eigenvalue weighted by Crippen LogP contribution is 2.20. The molecule has 0 saturated carbocycles. The van der Waals surface area contributed by atoms with E-state index in [1.54, 1.807) is 0 Å². The van der Waals surface area contributed by atoms with E-state index in [1.807, 2.05) is 39.2 Å². The van der Waals surface area contributed by atoms with E-state index in [9.17, 15) is 0 Å². The molecule has 22 heavy (non-hydrogen) atoms. The zero-order chi connectivity index (χ0) is 16.3. The molecule has 0 aliphatic rings. The van der Waals surface area contributed by atoms with Gasteiger partial charge in [-0.1, -0.05) is 0 Å². The Labute approximate surface area is 132 Å². The summed E-state index contributed by atoms with van der Waals surface area (Å²) in [6.45, 7) is 8.29. The SMILES string of the molecule is Cc1cc(NC(C)(C)C)nc(Nc2ccc(N(C)C)cc2)n1. The molecule has 0 radical (unpaired) electrons. The molecule has 5 nitrogen and oxygen atoms in total. The minimum Gasteiger partial charge on any atom is -0.378 e. The van der Waals surface area contributed by atoms with E-state index >= 15 is 0 Å². The molecule has 0 spiro atoms. The summed E-state index contributed by atoms with van der Waals surface area (Å²) >= 11 is 0. The molecular weight excluding hydrogens is 274 g/mol. The van der Waals surface area contributed by atoms with Gasteiger partial charge < -0.3 is 15.5 Å². The number of aryl methyl sites for hydroxylation is 1. The second-order valence-electron chi connectivity index (χ2n) is 6.66. The molecule has 0 fully saturated rings. The predicted molar refractivity (Wildman–Crippen MR) is 94.2 cm³/mol. The smallest absolute Gasteiger partial charge is 0.229 e. The van der Waals surface area contributed by atoms with Gasteiger partial charge in [-0.3, -0.25) is 0 Å². The third-order valence-electron chi connectivity index (χ3n) is 3.00. The Bertz CT molecular complexity index is 626. The van der Waals surface area contributed by atoms with Crippen LogP contribution >= 0.6 is 0 Å². The zero-order valence-corrected chi connectivity index (χ0v) is 14.2. The van der Waals surface area contributed by atoms with Gasteiger partial charge >= 0.3 is 0 Å². The third-order valence-corrected chi connectivity index (χ3v) is 3.00. The predicted octanol–water partition coefficient (Wildman–Crippen LogP) is 3.81. The second-order valence-corrected chi connectivity index (χ2v) is 6.66. The van der Waals surface area contributed by atoms with Gasteiger partial charge in [0, 0.05) is 42.8 Å². The molecule has 1 aromatic heterocycles. The van der Waals surface area contributed by atoms with Crippen LogP contribution in [0.2, 0.25) is 0 Å². The fraction of sp³-hybridized carbons (Fsp3) is 0.412. The molecule has 0 aliphatic carbocycles. The zero-order valence-electron chi connectivity index (χ0n) is 14.2. The van der Waals surface area contributed by atoms with E-state index in [4.69, 9.17) is 0 Å². The summed E-state index contributed by atoms with van der Waals surface area (Å²) < 4.78 is 0.